The number of benzene rings is 3. The highest BCUT2D eigenvalue weighted by Gasteiger charge is 2.30. The van der Waals surface area contributed by atoms with E-state index in [9.17, 15) is 19.1 Å². The van der Waals surface area contributed by atoms with Crippen molar-refractivity contribution in [3.8, 4) is 11.5 Å². The molecule has 36 heavy (non-hydrogen) atoms. The van der Waals surface area contributed by atoms with Gasteiger partial charge < -0.3 is 19.3 Å². The quantitative estimate of drug-likeness (QED) is 0.162. The number of carbonyl (C=O) groups is 2. The van der Waals surface area contributed by atoms with Crippen LogP contribution in [0.25, 0.3) is 0 Å². The van der Waals surface area contributed by atoms with E-state index in [1.54, 1.807) is 48.2 Å². The SMILES string of the molecule is CSc1ccc(NC(=O)O[C@@H](c2ccc(O)c(F)c2)[C@H](CCOC(=O)CS)Oc2ccccc2)cc1. The van der Waals surface area contributed by atoms with Crippen molar-refractivity contribution >= 4 is 42.1 Å². The van der Waals surface area contributed by atoms with E-state index in [-0.39, 0.29) is 24.3 Å². The highest BCUT2D eigenvalue weighted by molar-refractivity contribution is 7.98. The summed E-state index contributed by atoms with van der Waals surface area (Å²) in [5, 5.41) is 12.3. The summed E-state index contributed by atoms with van der Waals surface area (Å²) in [6.45, 7) is -0.0465. The number of nitrogens with one attached hydrogen (secondary N) is 1. The fourth-order valence-corrected chi connectivity index (χ4v) is 3.78. The molecular formula is C26H26FNO6S2. The Morgan fingerprint density at radius 2 is 1.81 bits per heavy atom. The van der Waals surface area contributed by atoms with E-state index in [1.165, 1.54) is 12.1 Å². The Kier molecular flexibility index (Phi) is 10.3. The molecule has 0 aliphatic rings. The Balaban J connectivity index is 1.88. The molecule has 10 heteroatoms. The van der Waals surface area contributed by atoms with Crippen LogP contribution in [-0.4, -0.2) is 41.9 Å². The summed E-state index contributed by atoms with van der Waals surface area (Å²) in [7, 11) is 0. The molecule has 3 aromatic carbocycles. The molecule has 0 spiro atoms. The molecule has 0 aliphatic heterocycles. The number of hydrogen-bond donors (Lipinski definition) is 3. The van der Waals surface area contributed by atoms with Crippen LogP contribution >= 0.6 is 24.4 Å². The summed E-state index contributed by atoms with van der Waals surface area (Å²) in [6, 6.07) is 19.6. The Morgan fingerprint density at radius 3 is 2.44 bits per heavy atom. The van der Waals surface area contributed by atoms with Crippen LogP contribution in [0.4, 0.5) is 14.9 Å². The standard InChI is InChI=1S/C26H26FNO6S2/c1-36-20-10-8-18(9-11-20)28-26(31)34-25(17-7-12-22(29)21(27)15-17)23(13-14-32-24(30)16-35)33-19-5-3-2-4-6-19/h2-12,15,23,25,29,35H,13-14,16H2,1H3,(H,28,31)/t23-,25-/m0/s1. The normalized spacial score (nSPS) is 12.3. The van der Waals surface area contributed by atoms with Gasteiger partial charge in [0, 0.05) is 17.0 Å². The average Bonchev–Trinajstić information content (AvgIpc) is 2.89. The third-order valence-electron chi connectivity index (χ3n) is 5.03. The maximum atomic E-state index is 14.3. The van der Waals surface area contributed by atoms with E-state index in [2.05, 4.69) is 17.9 Å². The lowest BCUT2D eigenvalue weighted by Gasteiger charge is -2.28. The smallest absolute Gasteiger partial charge is 0.412 e. The highest BCUT2D eigenvalue weighted by Crippen LogP contribution is 2.31. The summed E-state index contributed by atoms with van der Waals surface area (Å²) in [5.41, 5.74) is 0.760. The van der Waals surface area contributed by atoms with Crippen LogP contribution in [0.15, 0.2) is 77.7 Å². The number of carbonyl (C=O) groups excluding carboxylic acids is 2. The van der Waals surface area contributed by atoms with Crippen molar-refractivity contribution in [1.29, 1.82) is 0 Å². The number of amides is 1. The molecule has 3 aromatic rings. The van der Waals surface area contributed by atoms with Gasteiger partial charge in [-0.25, -0.2) is 9.18 Å². The van der Waals surface area contributed by atoms with Gasteiger partial charge in [-0.1, -0.05) is 24.3 Å². The van der Waals surface area contributed by atoms with Gasteiger partial charge in [-0.3, -0.25) is 10.1 Å². The van der Waals surface area contributed by atoms with E-state index in [4.69, 9.17) is 14.2 Å². The van der Waals surface area contributed by atoms with Gasteiger partial charge in [-0.15, -0.1) is 11.8 Å². The van der Waals surface area contributed by atoms with Crippen molar-refractivity contribution in [1.82, 2.24) is 0 Å². The second-order valence-corrected chi connectivity index (χ2v) is 8.72. The molecule has 0 aromatic heterocycles. The molecule has 3 rings (SSSR count). The molecule has 7 nitrogen and oxygen atoms in total. The number of halogens is 1. The first kappa shape index (κ1) is 27.2. The Labute approximate surface area is 218 Å². The summed E-state index contributed by atoms with van der Waals surface area (Å²) in [4.78, 5) is 25.5. The van der Waals surface area contributed by atoms with Crippen molar-refractivity contribution in [3.63, 3.8) is 0 Å². The second-order valence-electron chi connectivity index (χ2n) is 7.53. The number of para-hydroxylation sites is 1. The highest BCUT2D eigenvalue weighted by atomic mass is 32.2. The number of hydrogen-bond acceptors (Lipinski definition) is 8. The lowest BCUT2D eigenvalue weighted by molar-refractivity contribution is -0.141. The number of phenols is 1. The van der Waals surface area contributed by atoms with Crippen LogP contribution in [0, 0.1) is 5.82 Å². The number of thiol groups is 1. The van der Waals surface area contributed by atoms with Gasteiger partial charge in [0.2, 0.25) is 0 Å². The number of esters is 1. The Hall–Kier alpha value is -3.37. The number of aromatic hydroxyl groups is 1. The molecule has 2 N–H and O–H groups in total. The summed E-state index contributed by atoms with van der Waals surface area (Å²) < 4.78 is 31.2. The average molecular weight is 532 g/mol. The Morgan fingerprint density at radius 1 is 1.08 bits per heavy atom. The van der Waals surface area contributed by atoms with Gasteiger partial charge in [0.1, 0.15) is 11.9 Å². The fourth-order valence-electron chi connectivity index (χ4n) is 3.28. The van der Waals surface area contributed by atoms with Gasteiger partial charge in [-0.2, -0.15) is 12.6 Å². The zero-order valence-corrected chi connectivity index (χ0v) is 21.1. The van der Waals surface area contributed by atoms with Gasteiger partial charge >= 0.3 is 12.1 Å². The van der Waals surface area contributed by atoms with E-state index in [1.807, 2.05) is 24.5 Å². The Bertz CT molecular complexity index is 1150. The first-order chi connectivity index (χ1) is 17.4. The first-order valence-electron chi connectivity index (χ1n) is 11.0. The van der Waals surface area contributed by atoms with Gasteiger partial charge in [0.15, 0.2) is 17.7 Å². The molecule has 0 saturated carbocycles. The fraction of sp³-hybridized carbons (Fsp3) is 0.231. The third-order valence-corrected chi connectivity index (χ3v) is 6.04. The van der Waals surface area contributed by atoms with E-state index in [0.29, 0.717) is 11.4 Å². The molecule has 0 saturated heterocycles. The summed E-state index contributed by atoms with van der Waals surface area (Å²) >= 11 is 5.46. The summed E-state index contributed by atoms with van der Waals surface area (Å²) in [5.74, 6) is -1.56. The maximum Gasteiger partial charge on any atom is 0.412 e. The molecular weight excluding hydrogens is 505 g/mol. The van der Waals surface area contributed by atoms with Crippen LogP contribution in [-0.2, 0) is 14.3 Å². The predicted molar refractivity (Wildman–Crippen MR) is 139 cm³/mol. The molecule has 0 bridgehead atoms. The molecule has 0 aliphatic carbocycles. The minimum atomic E-state index is -1.11. The predicted octanol–water partition coefficient (Wildman–Crippen LogP) is 5.85. The minimum Gasteiger partial charge on any atom is -0.505 e. The molecule has 0 fully saturated rings. The van der Waals surface area contributed by atoms with E-state index >= 15 is 0 Å². The van der Waals surface area contributed by atoms with Crippen molar-refractivity contribution in [2.24, 2.45) is 0 Å². The largest absolute Gasteiger partial charge is 0.505 e. The third kappa shape index (κ3) is 8.10. The van der Waals surface area contributed by atoms with Crippen LogP contribution in [0.5, 0.6) is 11.5 Å². The number of anilines is 1. The molecule has 1 amide bonds. The van der Waals surface area contributed by atoms with Crippen LogP contribution in [0.2, 0.25) is 0 Å². The number of ether oxygens (including phenoxy) is 3. The van der Waals surface area contributed by atoms with Gasteiger partial charge in [0.25, 0.3) is 0 Å². The molecule has 0 heterocycles. The molecule has 2 atom stereocenters. The number of rotatable bonds is 11. The van der Waals surface area contributed by atoms with Crippen molar-refractivity contribution in [2.45, 2.75) is 23.5 Å². The minimum absolute atomic E-state index is 0.0465. The zero-order valence-electron chi connectivity index (χ0n) is 19.4. The van der Waals surface area contributed by atoms with Gasteiger partial charge in [0.05, 0.1) is 12.4 Å². The van der Waals surface area contributed by atoms with Crippen molar-refractivity contribution in [2.75, 3.05) is 23.9 Å². The topological polar surface area (TPSA) is 94.1 Å². The first-order valence-corrected chi connectivity index (χ1v) is 12.8. The van der Waals surface area contributed by atoms with E-state index < -0.39 is 35.8 Å². The van der Waals surface area contributed by atoms with Gasteiger partial charge in [-0.05, 0) is 60.4 Å². The zero-order chi connectivity index (χ0) is 25.9. The lowest BCUT2D eigenvalue weighted by Crippen LogP contribution is -2.32. The van der Waals surface area contributed by atoms with Crippen LogP contribution < -0.4 is 10.1 Å². The van der Waals surface area contributed by atoms with Crippen LogP contribution in [0.3, 0.4) is 0 Å². The lowest BCUT2D eigenvalue weighted by atomic mass is 10.0. The van der Waals surface area contributed by atoms with E-state index in [0.717, 1.165) is 11.0 Å². The monoisotopic (exact) mass is 531 g/mol. The molecule has 0 radical (unpaired) electrons. The van der Waals surface area contributed by atoms with Crippen molar-refractivity contribution < 1.29 is 33.3 Å². The maximum absolute atomic E-state index is 14.3. The number of thioether (sulfide) groups is 1. The second kappa shape index (κ2) is 13.6. The summed E-state index contributed by atoms with van der Waals surface area (Å²) in [6.07, 6.45) is -0.705. The molecule has 190 valence electrons. The molecule has 0 unspecified atom stereocenters. The van der Waals surface area contributed by atoms with Crippen LogP contribution in [0.1, 0.15) is 18.1 Å². The number of phenolic OH excluding ortho intramolecular Hbond substituents is 1. The van der Waals surface area contributed by atoms with Crippen molar-refractivity contribution in [3.05, 3.63) is 84.2 Å².